The molecule has 4 aliphatic carbocycles. The summed E-state index contributed by atoms with van der Waals surface area (Å²) in [5.41, 5.74) is 1.40. The molecule has 0 aromatic carbocycles. The number of carbonyl (C=O) groups is 1. The van der Waals surface area contributed by atoms with E-state index in [1.807, 2.05) is 0 Å². The van der Waals surface area contributed by atoms with Crippen molar-refractivity contribution in [3.8, 4) is 0 Å². The van der Waals surface area contributed by atoms with E-state index in [1.54, 1.807) is 6.92 Å². The van der Waals surface area contributed by atoms with E-state index in [4.69, 9.17) is 9.47 Å². The number of fused-ring (bicyclic) bond motifs is 5. The highest BCUT2D eigenvalue weighted by molar-refractivity contribution is 5.87. The fourth-order valence-corrected chi connectivity index (χ4v) is 10.2. The van der Waals surface area contributed by atoms with E-state index >= 15 is 0 Å². The van der Waals surface area contributed by atoms with Crippen LogP contribution in [0.3, 0.4) is 0 Å². The highest BCUT2D eigenvalue weighted by Gasteiger charge is 2.60. The SMILES string of the molecule is C=C(C)C(=O)OC(CO)CCO[C@H]1CC[C@@]2(C)C(CC[C@H]3C2CC[C@@]2(C)C3CC[C@@H]2[C@H](C)CCCC(C)C)C1. The number of carbonyl (C=O) groups excluding carboxylic acids is 1. The highest BCUT2D eigenvalue weighted by Crippen LogP contribution is 2.68. The first-order chi connectivity index (χ1) is 18.5. The van der Waals surface area contributed by atoms with E-state index in [1.165, 1.54) is 70.6 Å². The third kappa shape index (κ3) is 6.63. The Labute approximate surface area is 240 Å². The van der Waals surface area contributed by atoms with Crippen LogP contribution in [0.5, 0.6) is 0 Å². The third-order valence-corrected chi connectivity index (χ3v) is 12.4. The molecule has 0 bridgehead atoms. The van der Waals surface area contributed by atoms with E-state index in [9.17, 15) is 9.90 Å². The fraction of sp³-hybridized carbons (Fsp3) is 0.914. The maximum Gasteiger partial charge on any atom is 0.333 e. The summed E-state index contributed by atoms with van der Waals surface area (Å²) < 4.78 is 11.7. The van der Waals surface area contributed by atoms with E-state index in [-0.39, 0.29) is 6.61 Å². The van der Waals surface area contributed by atoms with Crippen LogP contribution in [0.2, 0.25) is 0 Å². The average molecular weight is 545 g/mol. The van der Waals surface area contributed by atoms with Crippen molar-refractivity contribution in [1.29, 1.82) is 0 Å². The first-order valence-electron chi connectivity index (χ1n) is 16.6. The fourth-order valence-electron chi connectivity index (χ4n) is 10.2. The summed E-state index contributed by atoms with van der Waals surface area (Å²) in [6.45, 7) is 18.3. The van der Waals surface area contributed by atoms with Crippen LogP contribution < -0.4 is 0 Å². The van der Waals surface area contributed by atoms with Crippen LogP contribution in [0.4, 0.5) is 0 Å². The van der Waals surface area contributed by atoms with E-state index in [0.29, 0.717) is 35.5 Å². The van der Waals surface area contributed by atoms with Gasteiger partial charge in [0.15, 0.2) is 0 Å². The van der Waals surface area contributed by atoms with Crippen molar-refractivity contribution in [3.05, 3.63) is 12.2 Å². The van der Waals surface area contributed by atoms with Crippen LogP contribution in [0.1, 0.15) is 125 Å². The summed E-state index contributed by atoms with van der Waals surface area (Å²) in [6, 6.07) is 0. The number of rotatable bonds is 12. The molecule has 0 amide bonds. The van der Waals surface area contributed by atoms with Gasteiger partial charge in [-0.3, -0.25) is 0 Å². The summed E-state index contributed by atoms with van der Waals surface area (Å²) >= 11 is 0. The lowest BCUT2D eigenvalue weighted by molar-refractivity contribution is -0.149. The molecule has 4 saturated carbocycles. The highest BCUT2D eigenvalue weighted by atomic mass is 16.6. The van der Waals surface area contributed by atoms with E-state index in [2.05, 4.69) is 41.2 Å². The van der Waals surface area contributed by atoms with Crippen molar-refractivity contribution in [2.45, 2.75) is 137 Å². The molecule has 1 N–H and O–H groups in total. The summed E-state index contributed by atoms with van der Waals surface area (Å²) in [5.74, 6) is 5.75. The predicted molar refractivity (Wildman–Crippen MR) is 159 cm³/mol. The first kappa shape index (κ1) is 31.1. The first-order valence-corrected chi connectivity index (χ1v) is 16.6. The Hall–Kier alpha value is -0.870. The molecule has 0 radical (unpaired) electrons. The molecule has 39 heavy (non-hydrogen) atoms. The minimum absolute atomic E-state index is 0.172. The lowest BCUT2D eigenvalue weighted by Crippen LogP contribution is -2.54. The minimum atomic E-state index is -0.511. The monoisotopic (exact) mass is 544 g/mol. The molecule has 10 atom stereocenters. The number of aliphatic hydroxyl groups is 1. The van der Waals surface area contributed by atoms with E-state index in [0.717, 1.165) is 47.8 Å². The number of hydrogen-bond donors (Lipinski definition) is 1. The Kier molecular flexibility index (Phi) is 10.3. The number of ether oxygens (including phenoxy) is 2. The quantitative estimate of drug-likeness (QED) is 0.198. The third-order valence-electron chi connectivity index (χ3n) is 12.4. The van der Waals surface area contributed by atoms with Crippen molar-refractivity contribution in [2.75, 3.05) is 13.2 Å². The maximum absolute atomic E-state index is 11.8. The molecule has 0 saturated heterocycles. The summed E-state index contributed by atoms with van der Waals surface area (Å²) in [4.78, 5) is 11.8. The number of esters is 1. The number of aliphatic hydroxyl groups excluding tert-OH is 1. The summed E-state index contributed by atoms with van der Waals surface area (Å²) in [5, 5.41) is 9.62. The van der Waals surface area contributed by atoms with Crippen LogP contribution in [0.15, 0.2) is 12.2 Å². The molecule has 0 aromatic rings. The molecule has 0 aliphatic heterocycles. The molecule has 4 rings (SSSR count). The minimum Gasteiger partial charge on any atom is -0.456 e. The zero-order valence-electron chi connectivity index (χ0n) is 26.2. The topological polar surface area (TPSA) is 55.8 Å². The van der Waals surface area contributed by atoms with Crippen molar-refractivity contribution < 1.29 is 19.4 Å². The second-order valence-corrected chi connectivity index (χ2v) is 15.2. The normalized spacial score (nSPS) is 39.4. The number of hydrogen-bond acceptors (Lipinski definition) is 4. The van der Waals surface area contributed by atoms with Gasteiger partial charge in [0.05, 0.1) is 19.3 Å². The van der Waals surface area contributed by atoms with Gasteiger partial charge in [0, 0.05) is 12.0 Å². The van der Waals surface area contributed by atoms with Crippen LogP contribution in [0.25, 0.3) is 0 Å². The Morgan fingerprint density at radius 2 is 1.67 bits per heavy atom. The van der Waals surface area contributed by atoms with E-state index < -0.39 is 12.1 Å². The van der Waals surface area contributed by atoms with Crippen molar-refractivity contribution in [1.82, 2.24) is 0 Å². The standard InChI is InChI=1S/C35H60O4/c1-23(2)9-8-10-25(5)30-13-14-31-29-12-11-26-21-27(38-20-17-28(22-36)39-33(37)24(3)4)15-18-34(26,6)32(29)16-19-35(30,31)7/h23,25-32,36H,3,8-22H2,1-2,4-7H3/t25-,26?,27+,28?,29-,30-,31?,32?,34+,35-/m1/s1. The van der Waals surface area contributed by atoms with Gasteiger partial charge in [0.2, 0.25) is 0 Å². The molecule has 0 aromatic heterocycles. The molecular weight excluding hydrogens is 484 g/mol. The van der Waals surface area contributed by atoms with Gasteiger partial charge in [-0.05, 0) is 117 Å². The summed E-state index contributed by atoms with van der Waals surface area (Å²) in [6.07, 6.45) is 16.8. The van der Waals surface area contributed by atoms with Gasteiger partial charge >= 0.3 is 5.97 Å². The van der Waals surface area contributed by atoms with Crippen LogP contribution in [0, 0.1) is 52.3 Å². The zero-order valence-corrected chi connectivity index (χ0v) is 26.2. The summed E-state index contributed by atoms with van der Waals surface area (Å²) in [7, 11) is 0. The van der Waals surface area contributed by atoms with Crippen LogP contribution in [-0.2, 0) is 14.3 Å². The molecule has 4 nitrogen and oxygen atoms in total. The molecular formula is C35H60O4. The Morgan fingerprint density at radius 3 is 2.36 bits per heavy atom. The van der Waals surface area contributed by atoms with Gasteiger partial charge in [-0.2, -0.15) is 0 Å². The lowest BCUT2D eigenvalue weighted by atomic mass is 9.44. The van der Waals surface area contributed by atoms with Gasteiger partial charge in [0.1, 0.15) is 6.10 Å². The molecule has 4 aliphatic rings. The van der Waals surface area contributed by atoms with Crippen LogP contribution >= 0.6 is 0 Å². The molecule has 4 fully saturated rings. The van der Waals surface area contributed by atoms with Crippen molar-refractivity contribution in [3.63, 3.8) is 0 Å². The van der Waals surface area contributed by atoms with Gasteiger partial charge < -0.3 is 14.6 Å². The molecule has 0 spiro atoms. The predicted octanol–water partition coefficient (Wildman–Crippen LogP) is 8.36. The van der Waals surface area contributed by atoms with Gasteiger partial charge in [-0.15, -0.1) is 0 Å². The largest absolute Gasteiger partial charge is 0.456 e. The van der Waals surface area contributed by atoms with Gasteiger partial charge in [-0.1, -0.05) is 60.5 Å². The molecule has 4 heteroatoms. The van der Waals surface area contributed by atoms with Crippen molar-refractivity contribution >= 4 is 5.97 Å². The maximum atomic E-state index is 11.8. The average Bonchev–Trinajstić information content (AvgIpc) is 3.25. The van der Waals surface area contributed by atoms with Gasteiger partial charge in [0.25, 0.3) is 0 Å². The second kappa shape index (κ2) is 13.0. The Morgan fingerprint density at radius 1 is 0.949 bits per heavy atom. The smallest absolute Gasteiger partial charge is 0.333 e. The Balaban J connectivity index is 1.30. The lowest BCUT2D eigenvalue weighted by Gasteiger charge is -2.61. The second-order valence-electron chi connectivity index (χ2n) is 15.2. The van der Waals surface area contributed by atoms with Gasteiger partial charge in [-0.25, -0.2) is 4.79 Å². The van der Waals surface area contributed by atoms with Crippen molar-refractivity contribution in [2.24, 2.45) is 52.3 Å². The molecule has 224 valence electrons. The molecule has 4 unspecified atom stereocenters. The van der Waals surface area contributed by atoms with Crippen LogP contribution in [-0.4, -0.2) is 36.5 Å². The zero-order chi connectivity index (χ0) is 28.4. The molecule has 0 heterocycles. The Bertz CT molecular complexity index is 837.